The fourth-order valence-corrected chi connectivity index (χ4v) is 3.78. The van der Waals surface area contributed by atoms with Crippen LogP contribution in [0, 0.1) is 5.92 Å². The lowest BCUT2D eigenvalue weighted by molar-refractivity contribution is 0.288. The number of benzene rings is 1. The summed E-state index contributed by atoms with van der Waals surface area (Å²) in [4.78, 5) is 0. The average molecular weight is 273 g/mol. The van der Waals surface area contributed by atoms with E-state index in [0.29, 0.717) is 6.04 Å². The SMILES string of the molecule is CNC(CCC1CCCC1)c1ccc2c(c1)CCCO2. The molecule has 1 atom stereocenters. The molecule has 2 nitrogen and oxygen atoms in total. The molecule has 1 heterocycles. The first-order valence-corrected chi connectivity index (χ1v) is 8.29. The maximum atomic E-state index is 5.71. The predicted molar refractivity (Wildman–Crippen MR) is 83.3 cm³/mol. The Morgan fingerprint density at radius 2 is 2.10 bits per heavy atom. The van der Waals surface area contributed by atoms with Crippen molar-refractivity contribution in [2.45, 2.75) is 57.4 Å². The zero-order valence-electron chi connectivity index (χ0n) is 12.7. The zero-order valence-corrected chi connectivity index (χ0v) is 12.7. The van der Waals surface area contributed by atoms with Gasteiger partial charge in [-0.15, -0.1) is 0 Å². The average Bonchev–Trinajstić information content (AvgIpc) is 3.01. The summed E-state index contributed by atoms with van der Waals surface area (Å²) in [6, 6.07) is 7.29. The lowest BCUT2D eigenvalue weighted by atomic mass is 9.93. The lowest BCUT2D eigenvalue weighted by Crippen LogP contribution is -2.18. The van der Waals surface area contributed by atoms with Crippen LogP contribution in [0.5, 0.6) is 5.75 Å². The van der Waals surface area contributed by atoms with Gasteiger partial charge in [0.25, 0.3) is 0 Å². The summed E-state index contributed by atoms with van der Waals surface area (Å²) in [6.07, 6.45) is 10.8. The molecule has 3 rings (SSSR count). The Morgan fingerprint density at radius 1 is 1.25 bits per heavy atom. The van der Waals surface area contributed by atoms with E-state index in [9.17, 15) is 0 Å². The molecule has 2 heteroatoms. The second-order valence-corrected chi connectivity index (χ2v) is 6.39. The van der Waals surface area contributed by atoms with Gasteiger partial charge in [-0.05, 0) is 55.8 Å². The highest BCUT2D eigenvalue weighted by atomic mass is 16.5. The highest BCUT2D eigenvalue weighted by Gasteiger charge is 2.19. The van der Waals surface area contributed by atoms with E-state index in [0.717, 1.165) is 24.7 Å². The van der Waals surface area contributed by atoms with Crippen LogP contribution in [-0.2, 0) is 6.42 Å². The molecule has 20 heavy (non-hydrogen) atoms. The third-order valence-corrected chi connectivity index (χ3v) is 5.02. The van der Waals surface area contributed by atoms with Gasteiger partial charge in [0.05, 0.1) is 6.61 Å². The maximum Gasteiger partial charge on any atom is 0.122 e. The number of hydrogen-bond acceptors (Lipinski definition) is 2. The summed E-state index contributed by atoms with van der Waals surface area (Å²) in [5.74, 6) is 2.08. The summed E-state index contributed by atoms with van der Waals surface area (Å²) in [5, 5.41) is 3.51. The third kappa shape index (κ3) is 3.17. The summed E-state index contributed by atoms with van der Waals surface area (Å²) < 4.78 is 5.71. The monoisotopic (exact) mass is 273 g/mol. The van der Waals surface area contributed by atoms with E-state index in [1.165, 1.54) is 56.1 Å². The first-order chi connectivity index (χ1) is 9.86. The molecule has 1 aromatic rings. The van der Waals surface area contributed by atoms with Crippen LogP contribution < -0.4 is 10.1 Å². The highest BCUT2D eigenvalue weighted by molar-refractivity contribution is 5.39. The third-order valence-electron chi connectivity index (χ3n) is 5.02. The fraction of sp³-hybridized carbons (Fsp3) is 0.667. The Labute approximate surface area is 122 Å². The number of fused-ring (bicyclic) bond motifs is 1. The first kappa shape index (κ1) is 13.9. The van der Waals surface area contributed by atoms with Crippen molar-refractivity contribution in [3.05, 3.63) is 29.3 Å². The van der Waals surface area contributed by atoms with Gasteiger partial charge in [0.2, 0.25) is 0 Å². The summed E-state index contributed by atoms with van der Waals surface area (Å²) >= 11 is 0. The Hall–Kier alpha value is -1.02. The molecule has 0 aromatic heterocycles. The van der Waals surface area contributed by atoms with Gasteiger partial charge in [-0.2, -0.15) is 0 Å². The summed E-state index contributed by atoms with van der Waals surface area (Å²) in [7, 11) is 2.09. The normalized spacial score (nSPS) is 20.4. The molecular formula is C18H27NO. The molecule has 1 aromatic carbocycles. The van der Waals surface area contributed by atoms with E-state index >= 15 is 0 Å². The predicted octanol–water partition coefficient (Wildman–Crippen LogP) is 4.24. The van der Waals surface area contributed by atoms with E-state index in [2.05, 4.69) is 30.6 Å². The minimum Gasteiger partial charge on any atom is -0.493 e. The van der Waals surface area contributed by atoms with Crippen molar-refractivity contribution in [1.29, 1.82) is 0 Å². The number of nitrogens with one attached hydrogen (secondary N) is 1. The molecule has 0 saturated heterocycles. The molecule has 0 bridgehead atoms. The highest BCUT2D eigenvalue weighted by Crippen LogP contribution is 2.33. The maximum absolute atomic E-state index is 5.71. The van der Waals surface area contributed by atoms with Gasteiger partial charge >= 0.3 is 0 Å². The second-order valence-electron chi connectivity index (χ2n) is 6.39. The Bertz CT molecular complexity index is 437. The van der Waals surface area contributed by atoms with E-state index in [1.807, 2.05) is 0 Å². The van der Waals surface area contributed by atoms with E-state index < -0.39 is 0 Å². The Kier molecular flexibility index (Phi) is 4.62. The van der Waals surface area contributed by atoms with E-state index in [4.69, 9.17) is 4.74 Å². The molecule has 1 saturated carbocycles. The van der Waals surface area contributed by atoms with Crippen LogP contribution in [0.1, 0.15) is 62.1 Å². The molecule has 0 amide bonds. The Morgan fingerprint density at radius 3 is 2.90 bits per heavy atom. The fourth-order valence-electron chi connectivity index (χ4n) is 3.78. The smallest absolute Gasteiger partial charge is 0.122 e. The minimum absolute atomic E-state index is 0.503. The van der Waals surface area contributed by atoms with Gasteiger partial charge in [-0.1, -0.05) is 37.8 Å². The van der Waals surface area contributed by atoms with Crippen LogP contribution in [0.15, 0.2) is 18.2 Å². The number of hydrogen-bond donors (Lipinski definition) is 1. The molecular weight excluding hydrogens is 246 g/mol. The van der Waals surface area contributed by atoms with Crippen molar-refractivity contribution in [2.24, 2.45) is 5.92 Å². The minimum atomic E-state index is 0.503. The molecule has 1 N–H and O–H groups in total. The van der Waals surface area contributed by atoms with Gasteiger partial charge in [0.15, 0.2) is 0 Å². The van der Waals surface area contributed by atoms with Crippen molar-refractivity contribution in [1.82, 2.24) is 5.32 Å². The molecule has 1 aliphatic carbocycles. The van der Waals surface area contributed by atoms with Crippen LogP contribution in [0.3, 0.4) is 0 Å². The van der Waals surface area contributed by atoms with Gasteiger partial charge < -0.3 is 10.1 Å². The Balaban J connectivity index is 1.65. The van der Waals surface area contributed by atoms with Gasteiger partial charge in [-0.25, -0.2) is 0 Å². The van der Waals surface area contributed by atoms with Crippen molar-refractivity contribution >= 4 is 0 Å². The van der Waals surface area contributed by atoms with Gasteiger partial charge in [-0.3, -0.25) is 0 Å². The number of ether oxygens (including phenoxy) is 1. The lowest BCUT2D eigenvalue weighted by Gasteiger charge is -2.22. The summed E-state index contributed by atoms with van der Waals surface area (Å²) in [5.41, 5.74) is 2.84. The molecule has 1 unspecified atom stereocenters. The van der Waals surface area contributed by atoms with Crippen LogP contribution in [0.25, 0.3) is 0 Å². The van der Waals surface area contributed by atoms with Gasteiger partial charge in [0.1, 0.15) is 5.75 Å². The molecule has 0 spiro atoms. The zero-order chi connectivity index (χ0) is 13.8. The van der Waals surface area contributed by atoms with Crippen molar-refractivity contribution in [3.63, 3.8) is 0 Å². The molecule has 1 aliphatic heterocycles. The first-order valence-electron chi connectivity index (χ1n) is 8.29. The standard InChI is InChI=1S/C18H27NO/c1-19-17(10-8-14-5-2-3-6-14)15-9-11-18-16(13-15)7-4-12-20-18/h9,11,13-14,17,19H,2-8,10,12H2,1H3. The number of aryl methyl sites for hydroxylation is 1. The number of rotatable bonds is 5. The topological polar surface area (TPSA) is 21.3 Å². The quantitative estimate of drug-likeness (QED) is 0.866. The van der Waals surface area contributed by atoms with Crippen LogP contribution in [0.4, 0.5) is 0 Å². The van der Waals surface area contributed by atoms with E-state index in [1.54, 1.807) is 0 Å². The van der Waals surface area contributed by atoms with Crippen molar-refractivity contribution in [2.75, 3.05) is 13.7 Å². The molecule has 2 aliphatic rings. The summed E-state index contributed by atoms with van der Waals surface area (Å²) in [6.45, 7) is 0.878. The van der Waals surface area contributed by atoms with Crippen LogP contribution >= 0.6 is 0 Å². The molecule has 0 radical (unpaired) electrons. The molecule has 110 valence electrons. The van der Waals surface area contributed by atoms with Crippen LogP contribution in [0.2, 0.25) is 0 Å². The second kappa shape index (κ2) is 6.62. The van der Waals surface area contributed by atoms with Crippen LogP contribution in [-0.4, -0.2) is 13.7 Å². The van der Waals surface area contributed by atoms with Gasteiger partial charge in [0, 0.05) is 6.04 Å². The van der Waals surface area contributed by atoms with Crippen molar-refractivity contribution in [3.8, 4) is 5.75 Å². The molecule has 1 fully saturated rings. The largest absolute Gasteiger partial charge is 0.493 e. The van der Waals surface area contributed by atoms with E-state index in [-0.39, 0.29) is 0 Å². The van der Waals surface area contributed by atoms with Crippen molar-refractivity contribution < 1.29 is 4.74 Å².